The third-order valence-corrected chi connectivity index (χ3v) is 7.44. The molecule has 7 nitrogen and oxygen atoms in total. The number of nitrogens with zero attached hydrogens (tertiary/aromatic N) is 2. The quantitative estimate of drug-likeness (QED) is 0.398. The Morgan fingerprint density at radius 2 is 1.89 bits per heavy atom. The molecule has 0 aromatic heterocycles. The second kappa shape index (κ2) is 11.9. The normalized spacial score (nSPS) is 17.5. The first-order chi connectivity index (χ1) is 17.4. The summed E-state index contributed by atoms with van der Waals surface area (Å²) in [7, 11) is 1.49. The van der Waals surface area contributed by atoms with Crippen LogP contribution in [0, 0.1) is 5.82 Å². The van der Waals surface area contributed by atoms with E-state index < -0.39 is 11.1 Å². The number of ether oxygens (including phenoxy) is 2. The largest absolute Gasteiger partial charge is 0.493 e. The summed E-state index contributed by atoms with van der Waals surface area (Å²) in [5.74, 6) is -0.212. The maximum absolute atomic E-state index is 13.5. The van der Waals surface area contributed by atoms with Gasteiger partial charge in [-0.15, -0.1) is 0 Å². The highest BCUT2D eigenvalue weighted by molar-refractivity contribution is 9.10. The molecule has 0 spiro atoms. The lowest BCUT2D eigenvalue weighted by molar-refractivity contribution is -0.135. The molecule has 3 amide bonds. The average molecular weight is 577 g/mol. The van der Waals surface area contributed by atoms with Crippen molar-refractivity contribution in [3.63, 3.8) is 0 Å². The highest BCUT2D eigenvalue weighted by Crippen LogP contribution is 2.39. The van der Waals surface area contributed by atoms with Crippen molar-refractivity contribution < 1.29 is 28.2 Å². The Morgan fingerprint density at radius 3 is 2.58 bits per heavy atom. The minimum absolute atomic E-state index is 0.135. The topological polar surface area (TPSA) is 76.2 Å². The predicted molar refractivity (Wildman–Crippen MR) is 139 cm³/mol. The monoisotopic (exact) mass is 576 g/mol. The maximum Gasteiger partial charge on any atom is 0.294 e. The van der Waals surface area contributed by atoms with Crippen molar-refractivity contribution in [3.05, 3.63) is 62.7 Å². The van der Waals surface area contributed by atoms with Gasteiger partial charge in [0, 0.05) is 13.1 Å². The fraction of sp³-hybridized carbons (Fsp3) is 0.346. The minimum atomic E-state index is -0.491. The van der Waals surface area contributed by atoms with Crippen LogP contribution in [0.4, 0.5) is 9.18 Å². The number of hydrogen-bond acceptors (Lipinski definition) is 6. The molecule has 2 heterocycles. The van der Waals surface area contributed by atoms with Gasteiger partial charge in [-0.2, -0.15) is 0 Å². The third-order valence-electron chi connectivity index (χ3n) is 5.95. The van der Waals surface area contributed by atoms with Crippen LogP contribution in [0.5, 0.6) is 11.5 Å². The van der Waals surface area contributed by atoms with Crippen molar-refractivity contribution in [1.29, 1.82) is 0 Å². The summed E-state index contributed by atoms with van der Waals surface area (Å²) in [6.07, 6.45) is 5.63. The SMILES string of the molecule is COc1cc(C=C2SC(=O)N(CC(=O)N3CCCCCC3)C2=O)cc(Br)c1OCc1cccc(F)c1. The fourth-order valence-electron chi connectivity index (χ4n) is 4.09. The lowest BCUT2D eigenvalue weighted by Gasteiger charge is -2.22. The number of carbonyl (C=O) groups excluding carboxylic acids is 3. The van der Waals surface area contributed by atoms with Gasteiger partial charge in [-0.05, 0) is 82.0 Å². The lowest BCUT2D eigenvalue weighted by atomic mass is 10.1. The van der Waals surface area contributed by atoms with Gasteiger partial charge >= 0.3 is 0 Å². The highest BCUT2D eigenvalue weighted by atomic mass is 79.9. The Labute approximate surface area is 221 Å². The van der Waals surface area contributed by atoms with E-state index in [-0.39, 0.29) is 29.8 Å². The van der Waals surface area contributed by atoms with Crippen LogP contribution in [0.15, 0.2) is 45.8 Å². The van der Waals surface area contributed by atoms with Crippen molar-refractivity contribution in [2.24, 2.45) is 0 Å². The zero-order valence-corrected chi connectivity index (χ0v) is 22.2. The van der Waals surface area contributed by atoms with Crippen LogP contribution in [0.2, 0.25) is 0 Å². The highest BCUT2D eigenvalue weighted by Gasteiger charge is 2.37. The molecule has 2 aliphatic rings. The number of benzene rings is 2. The van der Waals surface area contributed by atoms with E-state index in [1.165, 1.54) is 19.2 Å². The van der Waals surface area contributed by atoms with Crippen LogP contribution in [-0.4, -0.2) is 53.6 Å². The number of likely N-dealkylation sites (tertiary alicyclic amines) is 1. The number of amides is 3. The molecule has 0 unspecified atom stereocenters. The van der Waals surface area contributed by atoms with E-state index in [0.29, 0.717) is 40.2 Å². The molecule has 36 heavy (non-hydrogen) atoms. The number of carbonyl (C=O) groups is 3. The summed E-state index contributed by atoms with van der Waals surface area (Å²) in [4.78, 5) is 41.2. The van der Waals surface area contributed by atoms with E-state index in [1.54, 1.807) is 35.2 Å². The molecule has 0 atom stereocenters. The molecule has 2 aromatic rings. The van der Waals surface area contributed by atoms with Crippen molar-refractivity contribution in [3.8, 4) is 11.5 Å². The summed E-state index contributed by atoms with van der Waals surface area (Å²) in [6.45, 7) is 1.20. The maximum atomic E-state index is 13.5. The predicted octanol–water partition coefficient (Wildman–Crippen LogP) is 5.61. The van der Waals surface area contributed by atoms with Gasteiger partial charge in [0.25, 0.3) is 11.1 Å². The van der Waals surface area contributed by atoms with Crippen molar-refractivity contribution in [2.75, 3.05) is 26.7 Å². The van der Waals surface area contributed by atoms with Gasteiger partial charge in [0.05, 0.1) is 16.5 Å². The van der Waals surface area contributed by atoms with E-state index in [2.05, 4.69) is 15.9 Å². The number of imide groups is 1. The molecule has 10 heteroatoms. The molecule has 0 N–H and O–H groups in total. The van der Waals surface area contributed by atoms with Crippen LogP contribution in [0.1, 0.15) is 36.8 Å². The first-order valence-corrected chi connectivity index (χ1v) is 13.2. The van der Waals surface area contributed by atoms with Gasteiger partial charge in [0.1, 0.15) is 19.0 Å². The fourth-order valence-corrected chi connectivity index (χ4v) is 5.50. The van der Waals surface area contributed by atoms with Crippen molar-refractivity contribution in [2.45, 2.75) is 32.3 Å². The summed E-state index contributed by atoms with van der Waals surface area (Å²) in [5, 5.41) is -0.463. The molecule has 0 saturated carbocycles. The average Bonchev–Trinajstić information content (AvgIpc) is 3.04. The van der Waals surface area contributed by atoms with Crippen LogP contribution in [0.3, 0.4) is 0 Å². The molecule has 0 aliphatic carbocycles. The van der Waals surface area contributed by atoms with Gasteiger partial charge < -0.3 is 14.4 Å². The second-order valence-electron chi connectivity index (χ2n) is 8.52. The first kappa shape index (κ1) is 26.2. The van der Waals surface area contributed by atoms with E-state index >= 15 is 0 Å². The number of methoxy groups -OCH3 is 1. The second-order valence-corrected chi connectivity index (χ2v) is 10.4. The minimum Gasteiger partial charge on any atom is -0.493 e. The standard InChI is InChI=1S/C26H26BrFN2O5S/c1-34-21-13-18(12-20(27)24(21)35-16-17-7-6-8-19(28)11-17)14-22-25(32)30(26(33)36-22)15-23(31)29-9-4-2-3-5-10-29/h6-8,11-14H,2-5,9-10,15-16H2,1H3. The molecular formula is C26H26BrFN2O5S. The van der Waals surface area contributed by atoms with Gasteiger partial charge in [0.2, 0.25) is 5.91 Å². The van der Waals surface area contributed by atoms with Crippen LogP contribution in [-0.2, 0) is 16.2 Å². The number of hydrogen-bond donors (Lipinski definition) is 0. The van der Waals surface area contributed by atoms with Crippen molar-refractivity contribution in [1.82, 2.24) is 9.80 Å². The number of thioether (sulfide) groups is 1. The molecule has 0 bridgehead atoms. The van der Waals surface area contributed by atoms with E-state index in [4.69, 9.17) is 9.47 Å². The Balaban J connectivity index is 1.47. The smallest absolute Gasteiger partial charge is 0.294 e. The zero-order chi connectivity index (χ0) is 25.7. The molecule has 2 fully saturated rings. The van der Waals surface area contributed by atoms with E-state index in [1.807, 2.05) is 0 Å². The summed E-state index contributed by atoms with van der Waals surface area (Å²) in [5.41, 5.74) is 1.28. The zero-order valence-electron chi connectivity index (χ0n) is 19.8. The number of halogens is 2. The van der Waals surface area contributed by atoms with Gasteiger partial charge in [-0.25, -0.2) is 4.39 Å². The van der Waals surface area contributed by atoms with Gasteiger partial charge in [0.15, 0.2) is 11.5 Å². The summed E-state index contributed by atoms with van der Waals surface area (Å²) < 4.78 is 25.3. The van der Waals surface area contributed by atoms with Crippen molar-refractivity contribution >= 4 is 50.8 Å². The Kier molecular flexibility index (Phi) is 8.68. The molecule has 0 radical (unpaired) electrons. The van der Waals surface area contributed by atoms with E-state index in [0.717, 1.165) is 42.3 Å². The van der Waals surface area contributed by atoms with Crippen LogP contribution in [0.25, 0.3) is 6.08 Å². The van der Waals surface area contributed by atoms with Gasteiger partial charge in [-0.1, -0.05) is 25.0 Å². The lowest BCUT2D eigenvalue weighted by Crippen LogP contribution is -2.42. The van der Waals surface area contributed by atoms with Gasteiger partial charge in [-0.3, -0.25) is 19.3 Å². The molecule has 2 saturated heterocycles. The number of rotatable bonds is 7. The summed E-state index contributed by atoms with van der Waals surface area (Å²) in [6, 6.07) is 9.54. The molecular weight excluding hydrogens is 551 g/mol. The Morgan fingerprint density at radius 1 is 1.14 bits per heavy atom. The Hall–Kier alpha value is -2.85. The van der Waals surface area contributed by atoms with Crippen LogP contribution >= 0.6 is 27.7 Å². The molecule has 4 rings (SSSR count). The molecule has 2 aromatic carbocycles. The first-order valence-electron chi connectivity index (χ1n) is 11.6. The third kappa shape index (κ3) is 6.28. The molecule has 2 aliphatic heterocycles. The summed E-state index contributed by atoms with van der Waals surface area (Å²) >= 11 is 4.28. The Bertz CT molecular complexity index is 1200. The molecule has 190 valence electrons. The van der Waals surface area contributed by atoms with E-state index in [9.17, 15) is 18.8 Å². The van der Waals surface area contributed by atoms with Crippen LogP contribution < -0.4 is 9.47 Å².